The number of rotatable bonds is 2. The van der Waals surface area contributed by atoms with Crippen molar-refractivity contribution in [3.63, 3.8) is 0 Å². The lowest BCUT2D eigenvalue weighted by atomic mass is 10.1. The Kier molecular flexibility index (Phi) is 4.81. The Balaban J connectivity index is 2.33. The lowest BCUT2D eigenvalue weighted by Crippen LogP contribution is -2.40. The molecule has 1 fully saturated rings. The number of hydrogen-bond acceptors (Lipinski definition) is 2. The first-order valence-electron chi connectivity index (χ1n) is 7.20. The van der Waals surface area contributed by atoms with Crippen LogP contribution in [-0.2, 0) is 0 Å². The quantitative estimate of drug-likeness (QED) is 0.839. The van der Waals surface area contributed by atoms with Gasteiger partial charge in [-0.15, -0.1) is 0 Å². The van der Waals surface area contributed by atoms with E-state index in [1.54, 1.807) is 0 Å². The number of hydrogen-bond donors (Lipinski definition) is 1. The largest absolute Gasteiger partial charge is 0.384 e. The van der Waals surface area contributed by atoms with Crippen LogP contribution in [0.15, 0.2) is 24.3 Å². The van der Waals surface area contributed by atoms with Crippen molar-refractivity contribution < 1.29 is 9.90 Å². The fraction of sp³-hybridized carbons (Fsp3) is 0.471. The number of benzene rings is 1. The van der Waals surface area contributed by atoms with Crippen LogP contribution in [0.25, 0.3) is 0 Å². The summed E-state index contributed by atoms with van der Waals surface area (Å²) in [6.07, 6.45) is 3.13. The van der Waals surface area contributed by atoms with Crippen molar-refractivity contribution in [1.29, 1.82) is 0 Å². The molecule has 1 aromatic rings. The average Bonchev–Trinajstić information content (AvgIpc) is 2.85. The topological polar surface area (TPSA) is 40.5 Å². The van der Waals surface area contributed by atoms with E-state index in [1.165, 1.54) is 0 Å². The van der Waals surface area contributed by atoms with E-state index in [0.717, 1.165) is 19.3 Å². The van der Waals surface area contributed by atoms with E-state index < -0.39 is 0 Å². The second-order valence-corrected chi connectivity index (χ2v) is 5.21. The number of carbonyl (C=O) groups is 1. The second kappa shape index (κ2) is 6.58. The molecule has 0 aromatic heterocycles. The van der Waals surface area contributed by atoms with Crippen LogP contribution in [0.2, 0.25) is 0 Å². The van der Waals surface area contributed by atoms with Gasteiger partial charge < -0.3 is 10.0 Å². The van der Waals surface area contributed by atoms with Gasteiger partial charge in [0.25, 0.3) is 5.91 Å². The minimum atomic E-state index is -0.194. The highest BCUT2D eigenvalue weighted by molar-refractivity contribution is 5.97. The van der Waals surface area contributed by atoms with Crippen LogP contribution in [0.1, 0.15) is 49.0 Å². The molecule has 0 saturated carbocycles. The van der Waals surface area contributed by atoms with Crippen LogP contribution in [-0.4, -0.2) is 34.6 Å². The van der Waals surface area contributed by atoms with Crippen LogP contribution in [0.4, 0.5) is 0 Å². The Bertz CT molecular complexity index is 541. The summed E-state index contributed by atoms with van der Waals surface area (Å²) in [6.45, 7) is 4.04. The molecule has 0 aliphatic carbocycles. The Morgan fingerprint density at radius 2 is 2.15 bits per heavy atom. The summed E-state index contributed by atoms with van der Waals surface area (Å²) in [6, 6.07) is 7.99. The van der Waals surface area contributed by atoms with E-state index in [2.05, 4.69) is 25.7 Å². The van der Waals surface area contributed by atoms with E-state index in [9.17, 15) is 4.79 Å². The van der Waals surface area contributed by atoms with Crippen molar-refractivity contribution in [3.05, 3.63) is 35.4 Å². The summed E-state index contributed by atoms with van der Waals surface area (Å²) < 4.78 is 0. The predicted octanol–water partition coefficient (Wildman–Crippen LogP) is 2.43. The second-order valence-electron chi connectivity index (χ2n) is 5.21. The van der Waals surface area contributed by atoms with Gasteiger partial charge in [0, 0.05) is 17.6 Å². The zero-order valence-electron chi connectivity index (χ0n) is 12.1. The van der Waals surface area contributed by atoms with Crippen LogP contribution >= 0.6 is 0 Å². The standard InChI is InChI=1S/C17H21NO2/c1-3-15-11-10-13(2)18(15)17(20)16-9-5-4-7-14(16)8-6-12-19/h4-5,7,9,13,15,19H,3,10-12H2,1-2H3. The number of aliphatic hydroxyl groups is 1. The molecule has 1 heterocycles. The first-order chi connectivity index (χ1) is 9.69. The summed E-state index contributed by atoms with van der Waals surface area (Å²) in [7, 11) is 0. The third-order valence-electron chi connectivity index (χ3n) is 3.95. The molecule has 1 saturated heterocycles. The molecule has 1 N–H and O–H groups in total. The highest BCUT2D eigenvalue weighted by atomic mass is 16.2. The van der Waals surface area contributed by atoms with Crippen molar-refractivity contribution in [2.75, 3.05) is 6.61 Å². The number of amides is 1. The monoisotopic (exact) mass is 271 g/mol. The zero-order chi connectivity index (χ0) is 14.5. The van der Waals surface area contributed by atoms with Crippen LogP contribution < -0.4 is 0 Å². The molecule has 2 atom stereocenters. The van der Waals surface area contributed by atoms with E-state index in [0.29, 0.717) is 17.2 Å². The third kappa shape index (κ3) is 2.86. The molecule has 3 heteroatoms. The maximum Gasteiger partial charge on any atom is 0.255 e. The normalized spacial score (nSPS) is 21.4. The minimum absolute atomic E-state index is 0.0599. The van der Waals surface area contributed by atoms with Crippen LogP contribution in [0.3, 0.4) is 0 Å². The molecule has 1 aliphatic heterocycles. The Morgan fingerprint density at radius 3 is 2.85 bits per heavy atom. The highest BCUT2D eigenvalue weighted by Crippen LogP contribution is 2.28. The number of nitrogens with zero attached hydrogens (tertiary/aromatic N) is 1. The van der Waals surface area contributed by atoms with Gasteiger partial charge in [-0.25, -0.2) is 0 Å². The fourth-order valence-electron chi connectivity index (χ4n) is 2.89. The Hall–Kier alpha value is -1.79. The van der Waals surface area contributed by atoms with Crippen molar-refractivity contribution in [2.45, 2.75) is 45.2 Å². The first kappa shape index (κ1) is 14.6. The van der Waals surface area contributed by atoms with Gasteiger partial charge >= 0.3 is 0 Å². The first-order valence-corrected chi connectivity index (χ1v) is 7.20. The van der Waals surface area contributed by atoms with Gasteiger partial charge in [-0.05, 0) is 38.3 Å². The molecule has 1 aliphatic rings. The smallest absolute Gasteiger partial charge is 0.255 e. The van der Waals surface area contributed by atoms with Crippen molar-refractivity contribution in [1.82, 2.24) is 4.90 Å². The average molecular weight is 271 g/mol. The van der Waals surface area contributed by atoms with Gasteiger partial charge in [-0.3, -0.25) is 4.79 Å². The summed E-state index contributed by atoms with van der Waals surface area (Å²) in [5.41, 5.74) is 1.33. The number of likely N-dealkylation sites (tertiary alicyclic amines) is 1. The van der Waals surface area contributed by atoms with E-state index in [4.69, 9.17) is 5.11 Å². The van der Waals surface area contributed by atoms with Crippen molar-refractivity contribution in [2.24, 2.45) is 0 Å². The molecule has 0 spiro atoms. The van der Waals surface area contributed by atoms with Crippen LogP contribution in [0.5, 0.6) is 0 Å². The molecule has 1 aromatic carbocycles. The SMILES string of the molecule is CCC1CCC(C)N1C(=O)c1ccccc1C#CCO. The minimum Gasteiger partial charge on any atom is -0.384 e. The maximum absolute atomic E-state index is 12.8. The summed E-state index contributed by atoms with van der Waals surface area (Å²) >= 11 is 0. The Labute approximate surface area is 120 Å². The summed E-state index contributed by atoms with van der Waals surface area (Å²) in [5, 5.41) is 8.82. The number of carbonyl (C=O) groups excluding carboxylic acids is 1. The van der Waals surface area contributed by atoms with Gasteiger partial charge in [0.15, 0.2) is 0 Å². The van der Waals surface area contributed by atoms with E-state index in [-0.39, 0.29) is 18.6 Å². The molecular weight excluding hydrogens is 250 g/mol. The van der Waals surface area contributed by atoms with E-state index >= 15 is 0 Å². The Morgan fingerprint density at radius 1 is 1.40 bits per heavy atom. The number of aliphatic hydroxyl groups excluding tert-OH is 1. The molecule has 0 bridgehead atoms. The lowest BCUT2D eigenvalue weighted by molar-refractivity contribution is 0.0676. The molecule has 2 unspecified atom stereocenters. The highest BCUT2D eigenvalue weighted by Gasteiger charge is 2.34. The van der Waals surface area contributed by atoms with Gasteiger partial charge in [0.2, 0.25) is 0 Å². The molecular formula is C17H21NO2. The zero-order valence-corrected chi connectivity index (χ0v) is 12.1. The molecule has 106 valence electrons. The van der Waals surface area contributed by atoms with Gasteiger partial charge in [-0.1, -0.05) is 30.9 Å². The molecule has 20 heavy (non-hydrogen) atoms. The molecule has 0 radical (unpaired) electrons. The van der Waals surface area contributed by atoms with Crippen molar-refractivity contribution >= 4 is 5.91 Å². The summed E-state index contributed by atoms with van der Waals surface area (Å²) in [4.78, 5) is 14.8. The predicted molar refractivity (Wildman–Crippen MR) is 79.4 cm³/mol. The molecule has 2 rings (SSSR count). The maximum atomic E-state index is 12.8. The van der Waals surface area contributed by atoms with E-state index in [1.807, 2.05) is 29.2 Å². The molecule has 1 amide bonds. The lowest BCUT2D eigenvalue weighted by Gasteiger charge is -2.28. The fourth-order valence-corrected chi connectivity index (χ4v) is 2.89. The molecule has 3 nitrogen and oxygen atoms in total. The van der Waals surface area contributed by atoms with Gasteiger partial charge in [0.1, 0.15) is 6.61 Å². The third-order valence-corrected chi connectivity index (χ3v) is 3.95. The van der Waals surface area contributed by atoms with Gasteiger partial charge in [0.05, 0.1) is 5.56 Å². The van der Waals surface area contributed by atoms with Crippen LogP contribution in [0, 0.1) is 11.8 Å². The van der Waals surface area contributed by atoms with Gasteiger partial charge in [-0.2, -0.15) is 0 Å². The summed E-state index contributed by atoms with van der Waals surface area (Å²) in [5.74, 6) is 5.55. The van der Waals surface area contributed by atoms with Crippen molar-refractivity contribution in [3.8, 4) is 11.8 Å².